The van der Waals surface area contributed by atoms with Crippen LogP contribution in [0.4, 0.5) is 4.79 Å². The standard InChI is InChI=1S/C15H20BrN3O2S/c16-12-8-11(10-22-12)9-17-6-3-7-19-13(20)15(18-14(19)21)4-1-2-5-15/h8,10,17H,1-7,9H2,(H,18,21). The number of nitrogens with zero attached hydrogens (tertiary/aromatic N) is 1. The van der Waals surface area contributed by atoms with Crippen LogP contribution in [-0.2, 0) is 11.3 Å². The average Bonchev–Trinajstić information content (AvgIpc) is 3.16. The highest BCUT2D eigenvalue weighted by atomic mass is 79.9. The summed E-state index contributed by atoms with van der Waals surface area (Å²) in [5.41, 5.74) is 0.671. The van der Waals surface area contributed by atoms with Crippen molar-refractivity contribution in [1.29, 1.82) is 0 Å². The van der Waals surface area contributed by atoms with Gasteiger partial charge in [-0.1, -0.05) is 12.8 Å². The van der Waals surface area contributed by atoms with Gasteiger partial charge in [-0.25, -0.2) is 4.79 Å². The topological polar surface area (TPSA) is 61.4 Å². The third kappa shape index (κ3) is 3.21. The fraction of sp³-hybridized carbons (Fsp3) is 0.600. The highest BCUT2D eigenvalue weighted by Crippen LogP contribution is 2.34. The lowest BCUT2D eigenvalue weighted by Crippen LogP contribution is -2.44. The third-order valence-electron chi connectivity index (χ3n) is 4.39. The molecule has 0 atom stereocenters. The van der Waals surface area contributed by atoms with E-state index in [-0.39, 0.29) is 11.9 Å². The molecule has 0 aromatic carbocycles. The van der Waals surface area contributed by atoms with Gasteiger partial charge in [0.25, 0.3) is 5.91 Å². The summed E-state index contributed by atoms with van der Waals surface area (Å²) in [5.74, 6) is -0.0169. The lowest BCUT2D eigenvalue weighted by Gasteiger charge is -2.20. The van der Waals surface area contributed by atoms with Crippen molar-refractivity contribution < 1.29 is 9.59 Å². The first kappa shape index (κ1) is 16.0. The molecule has 1 aliphatic carbocycles. The van der Waals surface area contributed by atoms with Crippen molar-refractivity contribution in [2.45, 2.75) is 44.2 Å². The van der Waals surface area contributed by atoms with Gasteiger partial charge in [-0.3, -0.25) is 9.69 Å². The first-order chi connectivity index (χ1) is 10.6. The monoisotopic (exact) mass is 385 g/mol. The molecule has 22 heavy (non-hydrogen) atoms. The second-order valence-electron chi connectivity index (χ2n) is 5.97. The Hall–Kier alpha value is -0.920. The van der Waals surface area contributed by atoms with Crippen LogP contribution in [0.5, 0.6) is 0 Å². The number of hydrogen-bond acceptors (Lipinski definition) is 4. The molecule has 1 spiro atoms. The van der Waals surface area contributed by atoms with E-state index in [4.69, 9.17) is 0 Å². The number of thiophene rings is 1. The SMILES string of the molecule is O=C1NC2(CCCC2)C(=O)N1CCCNCc1csc(Br)c1. The van der Waals surface area contributed by atoms with E-state index in [0.29, 0.717) is 6.54 Å². The summed E-state index contributed by atoms with van der Waals surface area (Å²) < 4.78 is 1.13. The number of imide groups is 1. The van der Waals surface area contributed by atoms with E-state index < -0.39 is 5.54 Å². The van der Waals surface area contributed by atoms with Gasteiger partial charge in [-0.15, -0.1) is 11.3 Å². The maximum Gasteiger partial charge on any atom is 0.325 e. The van der Waals surface area contributed by atoms with Crippen molar-refractivity contribution in [1.82, 2.24) is 15.5 Å². The summed E-state index contributed by atoms with van der Waals surface area (Å²) in [4.78, 5) is 25.8. The minimum absolute atomic E-state index is 0.0169. The largest absolute Gasteiger partial charge is 0.325 e. The van der Waals surface area contributed by atoms with Crippen LogP contribution in [0.1, 0.15) is 37.7 Å². The molecule has 2 N–H and O–H groups in total. The Balaban J connectivity index is 1.42. The molecule has 3 rings (SSSR count). The van der Waals surface area contributed by atoms with Gasteiger partial charge in [0.05, 0.1) is 3.79 Å². The van der Waals surface area contributed by atoms with Crippen LogP contribution in [0.25, 0.3) is 0 Å². The van der Waals surface area contributed by atoms with Crippen molar-refractivity contribution in [3.8, 4) is 0 Å². The van der Waals surface area contributed by atoms with Gasteiger partial charge in [0.15, 0.2) is 0 Å². The van der Waals surface area contributed by atoms with Gasteiger partial charge in [0, 0.05) is 13.1 Å². The van der Waals surface area contributed by atoms with E-state index in [1.54, 1.807) is 11.3 Å². The van der Waals surface area contributed by atoms with Crippen LogP contribution in [0.15, 0.2) is 15.2 Å². The number of amides is 3. The second kappa shape index (κ2) is 6.68. The molecule has 1 aromatic heterocycles. The van der Waals surface area contributed by atoms with Crippen molar-refractivity contribution >= 4 is 39.2 Å². The Kier molecular flexibility index (Phi) is 4.84. The number of hydrogen-bond donors (Lipinski definition) is 2. The van der Waals surface area contributed by atoms with Crippen LogP contribution in [0, 0.1) is 0 Å². The molecule has 0 unspecified atom stereocenters. The van der Waals surface area contributed by atoms with Crippen LogP contribution < -0.4 is 10.6 Å². The lowest BCUT2D eigenvalue weighted by atomic mass is 9.98. The smallest absolute Gasteiger partial charge is 0.323 e. The van der Waals surface area contributed by atoms with E-state index in [1.165, 1.54) is 10.5 Å². The molecule has 1 aromatic rings. The number of nitrogens with one attached hydrogen (secondary N) is 2. The first-order valence-electron chi connectivity index (χ1n) is 7.68. The fourth-order valence-electron chi connectivity index (χ4n) is 3.23. The van der Waals surface area contributed by atoms with Crippen LogP contribution in [-0.4, -0.2) is 35.5 Å². The molecule has 3 amide bonds. The summed E-state index contributed by atoms with van der Waals surface area (Å²) in [7, 11) is 0. The number of carbonyl (C=O) groups excluding carboxylic acids is 2. The average molecular weight is 386 g/mol. The highest BCUT2D eigenvalue weighted by molar-refractivity contribution is 9.11. The molecule has 0 bridgehead atoms. The molecule has 1 saturated heterocycles. The Morgan fingerprint density at radius 3 is 2.82 bits per heavy atom. The molecule has 2 fully saturated rings. The Bertz CT molecular complexity index is 569. The first-order valence-corrected chi connectivity index (χ1v) is 9.36. The Morgan fingerprint density at radius 2 is 2.14 bits per heavy atom. The summed E-state index contributed by atoms with van der Waals surface area (Å²) in [6.45, 7) is 2.09. The van der Waals surface area contributed by atoms with Gasteiger partial charge in [0.1, 0.15) is 5.54 Å². The number of carbonyl (C=O) groups is 2. The molecule has 1 aliphatic heterocycles. The summed E-state index contributed by atoms with van der Waals surface area (Å²) >= 11 is 5.11. The maximum absolute atomic E-state index is 12.4. The van der Waals surface area contributed by atoms with E-state index in [1.807, 2.05) is 0 Å². The molecule has 5 nitrogen and oxygen atoms in total. The molecule has 0 radical (unpaired) electrons. The lowest BCUT2D eigenvalue weighted by molar-refractivity contribution is -0.131. The number of rotatable bonds is 6. The van der Waals surface area contributed by atoms with E-state index in [0.717, 1.165) is 49.0 Å². The van der Waals surface area contributed by atoms with E-state index in [9.17, 15) is 9.59 Å². The third-order valence-corrected chi connectivity index (χ3v) is 5.94. The maximum atomic E-state index is 12.4. The second-order valence-corrected chi connectivity index (χ2v) is 8.26. The zero-order valence-electron chi connectivity index (χ0n) is 12.4. The zero-order chi connectivity index (χ0) is 15.6. The molecule has 120 valence electrons. The van der Waals surface area contributed by atoms with Gasteiger partial charge in [-0.05, 0) is 58.7 Å². The molecule has 2 heterocycles. The Labute approximate surface area is 142 Å². The van der Waals surface area contributed by atoms with Crippen LogP contribution >= 0.6 is 27.3 Å². The van der Waals surface area contributed by atoms with Crippen LogP contribution in [0.2, 0.25) is 0 Å². The fourth-order valence-corrected chi connectivity index (χ4v) is 4.44. The van der Waals surface area contributed by atoms with Gasteiger partial charge >= 0.3 is 6.03 Å². The highest BCUT2D eigenvalue weighted by Gasteiger charge is 2.51. The zero-order valence-corrected chi connectivity index (χ0v) is 14.8. The van der Waals surface area contributed by atoms with Crippen LogP contribution in [0.3, 0.4) is 0 Å². The van der Waals surface area contributed by atoms with Gasteiger partial charge in [-0.2, -0.15) is 0 Å². The predicted molar refractivity (Wildman–Crippen MR) is 89.8 cm³/mol. The summed E-state index contributed by atoms with van der Waals surface area (Å²) in [6.07, 6.45) is 4.41. The molecular formula is C15H20BrN3O2S. The Morgan fingerprint density at radius 1 is 1.36 bits per heavy atom. The molecule has 1 saturated carbocycles. The van der Waals surface area contributed by atoms with Gasteiger partial charge in [0.2, 0.25) is 0 Å². The van der Waals surface area contributed by atoms with E-state index >= 15 is 0 Å². The van der Waals surface area contributed by atoms with Crippen molar-refractivity contribution in [2.24, 2.45) is 0 Å². The van der Waals surface area contributed by atoms with E-state index in [2.05, 4.69) is 38.0 Å². The number of halogens is 1. The molecule has 7 heteroatoms. The normalized spacial score (nSPS) is 20.1. The summed E-state index contributed by atoms with van der Waals surface area (Å²) in [5, 5.41) is 8.37. The van der Waals surface area contributed by atoms with Crippen molar-refractivity contribution in [2.75, 3.05) is 13.1 Å². The quantitative estimate of drug-likeness (QED) is 0.584. The minimum Gasteiger partial charge on any atom is -0.323 e. The van der Waals surface area contributed by atoms with Crippen molar-refractivity contribution in [3.05, 3.63) is 20.8 Å². The predicted octanol–water partition coefficient (Wildman–Crippen LogP) is 2.85. The minimum atomic E-state index is -0.576. The summed E-state index contributed by atoms with van der Waals surface area (Å²) in [6, 6.07) is 1.88. The number of urea groups is 1. The van der Waals surface area contributed by atoms with Gasteiger partial charge < -0.3 is 10.6 Å². The molecular weight excluding hydrogens is 366 g/mol. The molecule has 2 aliphatic rings. The van der Waals surface area contributed by atoms with Crippen molar-refractivity contribution in [3.63, 3.8) is 0 Å².